The molecule has 1 rings (SSSR count). The van der Waals surface area contributed by atoms with Crippen LogP contribution in [0.2, 0.25) is 0 Å². The van der Waals surface area contributed by atoms with Gasteiger partial charge in [0.1, 0.15) is 0 Å². The number of carbonyl (C=O) groups excluding carboxylic acids is 1. The third kappa shape index (κ3) is 5.35. The minimum atomic E-state index is 0.0902. The number of rotatable bonds is 1. The van der Waals surface area contributed by atoms with Crippen LogP contribution in [-0.2, 0) is 4.79 Å². The lowest BCUT2D eigenvalue weighted by molar-refractivity contribution is -0.131. The van der Waals surface area contributed by atoms with Gasteiger partial charge in [0, 0.05) is 18.7 Å². The Balaban J connectivity index is 0. The zero-order valence-electron chi connectivity index (χ0n) is 12.9. The van der Waals surface area contributed by atoms with Crippen molar-refractivity contribution in [2.24, 2.45) is 5.92 Å². The standard InChI is InChI=1S/C12H17NO.2C2H6/c1-5-6-11-9(2)7-8-10(3)12(14)13(11)4;2*1-2/h5-6,10H,1-2,7-8H2,3-4H3;2*1-2H3/b11-6+;;. The molecule has 1 fully saturated rings. The highest BCUT2D eigenvalue weighted by molar-refractivity contribution is 5.81. The van der Waals surface area contributed by atoms with Crippen LogP contribution in [0.5, 0.6) is 0 Å². The van der Waals surface area contributed by atoms with Crippen molar-refractivity contribution in [2.45, 2.75) is 47.5 Å². The molecule has 1 heterocycles. The summed E-state index contributed by atoms with van der Waals surface area (Å²) in [5, 5.41) is 0. The highest BCUT2D eigenvalue weighted by atomic mass is 16.2. The van der Waals surface area contributed by atoms with Gasteiger partial charge in [-0.1, -0.05) is 53.9 Å². The summed E-state index contributed by atoms with van der Waals surface area (Å²) in [6.07, 6.45) is 5.31. The number of nitrogens with zero attached hydrogens (tertiary/aromatic N) is 1. The van der Waals surface area contributed by atoms with Crippen molar-refractivity contribution in [3.63, 3.8) is 0 Å². The molecule has 0 N–H and O–H groups in total. The molecule has 0 radical (unpaired) electrons. The van der Waals surface area contributed by atoms with E-state index in [-0.39, 0.29) is 11.8 Å². The molecule has 2 heteroatoms. The highest BCUT2D eigenvalue weighted by Gasteiger charge is 2.25. The quantitative estimate of drug-likeness (QED) is 0.669. The molecule has 0 bridgehead atoms. The first kappa shape index (κ1) is 19.0. The minimum absolute atomic E-state index is 0.0902. The second-order valence-corrected chi connectivity index (χ2v) is 3.73. The Hall–Kier alpha value is -1.31. The number of hydrogen-bond donors (Lipinski definition) is 0. The van der Waals surface area contributed by atoms with Crippen LogP contribution in [0.25, 0.3) is 0 Å². The highest BCUT2D eigenvalue weighted by Crippen LogP contribution is 2.26. The molecule has 0 spiro atoms. The summed E-state index contributed by atoms with van der Waals surface area (Å²) >= 11 is 0. The Morgan fingerprint density at radius 3 is 2.22 bits per heavy atom. The van der Waals surface area contributed by atoms with Gasteiger partial charge < -0.3 is 4.90 Å². The molecule has 104 valence electrons. The van der Waals surface area contributed by atoms with Gasteiger partial charge in [0.15, 0.2) is 0 Å². The van der Waals surface area contributed by atoms with E-state index in [1.54, 1.807) is 18.0 Å². The van der Waals surface area contributed by atoms with Gasteiger partial charge in [0.05, 0.1) is 0 Å². The molecular formula is C16H29NO. The summed E-state index contributed by atoms with van der Waals surface area (Å²) in [6.45, 7) is 17.6. The lowest BCUT2D eigenvalue weighted by Gasteiger charge is -2.20. The molecule has 1 amide bonds. The van der Waals surface area contributed by atoms with E-state index >= 15 is 0 Å². The van der Waals surface area contributed by atoms with Crippen molar-refractivity contribution in [1.29, 1.82) is 0 Å². The molecule has 1 atom stereocenters. The molecule has 0 saturated carbocycles. The van der Waals surface area contributed by atoms with Gasteiger partial charge in [-0.25, -0.2) is 0 Å². The van der Waals surface area contributed by atoms with E-state index in [1.807, 2.05) is 40.7 Å². The van der Waals surface area contributed by atoms with Crippen LogP contribution in [0, 0.1) is 5.92 Å². The monoisotopic (exact) mass is 251 g/mol. The Labute approximate surface area is 113 Å². The van der Waals surface area contributed by atoms with Crippen LogP contribution in [0.15, 0.2) is 36.6 Å². The van der Waals surface area contributed by atoms with Gasteiger partial charge in [-0.05, 0) is 24.5 Å². The molecule has 1 aliphatic rings. The first-order valence-electron chi connectivity index (χ1n) is 6.86. The number of likely N-dealkylation sites (tertiary alicyclic amines) is 1. The van der Waals surface area contributed by atoms with Gasteiger partial charge >= 0.3 is 0 Å². The predicted octanol–water partition coefficient (Wildman–Crippen LogP) is 4.55. The van der Waals surface area contributed by atoms with E-state index in [0.29, 0.717) is 0 Å². The van der Waals surface area contributed by atoms with Crippen molar-refractivity contribution in [2.75, 3.05) is 7.05 Å². The molecule has 1 aliphatic heterocycles. The maximum atomic E-state index is 11.8. The fourth-order valence-corrected chi connectivity index (χ4v) is 1.67. The van der Waals surface area contributed by atoms with Crippen molar-refractivity contribution in [1.82, 2.24) is 4.90 Å². The number of carbonyl (C=O) groups is 1. The van der Waals surface area contributed by atoms with Crippen molar-refractivity contribution >= 4 is 5.91 Å². The molecule has 0 aromatic rings. The van der Waals surface area contributed by atoms with Crippen LogP contribution in [0.1, 0.15) is 47.5 Å². The maximum absolute atomic E-state index is 11.8. The van der Waals surface area contributed by atoms with Crippen molar-refractivity contribution in [3.05, 3.63) is 36.6 Å². The summed E-state index contributed by atoms with van der Waals surface area (Å²) in [7, 11) is 1.80. The smallest absolute Gasteiger partial charge is 0.229 e. The third-order valence-electron chi connectivity index (χ3n) is 2.63. The zero-order valence-corrected chi connectivity index (χ0v) is 12.9. The Bertz CT molecular complexity index is 302. The van der Waals surface area contributed by atoms with Crippen molar-refractivity contribution < 1.29 is 4.79 Å². The van der Waals surface area contributed by atoms with Gasteiger partial charge in [0.2, 0.25) is 5.91 Å². The average Bonchev–Trinajstić information content (AvgIpc) is 2.51. The second kappa shape index (κ2) is 10.8. The fraction of sp³-hybridized carbons (Fsp3) is 0.562. The number of allylic oxidation sites excluding steroid dienone is 3. The lowest BCUT2D eigenvalue weighted by atomic mass is 10.0. The lowest BCUT2D eigenvalue weighted by Crippen LogP contribution is -2.29. The van der Waals surface area contributed by atoms with Crippen LogP contribution in [0.4, 0.5) is 0 Å². The Kier molecular flexibility index (Phi) is 11.4. The number of amides is 1. The SMILES string of the molecule is C=C/C=C1\C(=C)CCC(C)C(=O)N1C.CC.CC. The van der Waals surface area contributed by atoms with Crippen LogP contribution >= 0.6 is 0 Å². The summed E-state index contributed by atoms with van der Waals surface area (Å²) < 4.78 is 0. The van der Waals surface area contributed by atoms with E-state index in [4.69, 9.17) is 0 Å². The fourth-order valence-electron chi connectivity index (χ4n) is 1.67. The molecule has 1 unspecified atom stereocenters. The summed E-state index contributed by atoms with van der Waals surface area (Å²) in [5.41, 5.74) is 1.92. The molecule has 2 nitrogen and oxygen atoms in total. The van der Waals surface area contributed by atoms with Crippen molar-refractivity contribution in [3.8, 4) is 0 Å². The first-order chi connectivity index (χ1) is 8.57. The summed E-state index contributed by atoms with van der Waals surface area (Å²) in [5.74, 6) is 0.254. The molecule has 0 aromatic heterocycles. The summed E-state index contributed by atoms with van der Waals surface area (Å²) in [4.78, 5) is 13.5. The van der Waals surface area contributed by atoms with E-state index in [1.165, 1.54) is 0 Å². The Morgan fingerprint density at radius 2 is 1.78 bits per heavy atom. The number of hydrogen-bond acceptors (Lipinski definition) is 1. The normalized spacial score (nSPS) is 21.3. The average molecular weight is 251 g/mol. The maximum Gasteiger partial charge on any atom is 0.229 e. The van der Waals surface area contributed by atoms with E-state index in [0.717, 1.165) is 24.1 Å². The molecular weight excluding hydrogens is 222 g/mol. The van der Waals surface area contributed by atoms with Gasteiger partial charge in [-0.3, -0.25) is 4.79 Å². The third-order valence-corrected chi connectivity index (χ3v) is 2.63. The van der Waals surface area contributed by atoms with Gasteiger partial charge in [-0.15, -0.1) is 0 Å². The topological polar surface area (TPSA) is 20.3 Å². The molecule has 1 saturated heterocycles. The zero-order chi connectivity index (χ0) is 14.7. The molecule has 18 heavy (non-hydrogen) atoms. The molecule has 0 aromatic carbocycles. The second-order valence-electron chi connectivity index (χ2n) is 3.73. The van der Waals surface area contributed by atoms with Crippen LogP contribution in [-0.4, -0.2) is 17.9 Å². The largest absolute Gasteiger partial charge is 0.315 e. The van der Waals surface area contributed by atoms with Gasteiger partial charge in [-0.2, -0.15) is 0 Å². The minimum Gasteiger partial charge on any atom is -0.315 e. The first-order valence-corrected chi connectivity index (χ1v) is 6.86. The summed E-state index contributed by atoms with van der Waals surface area (Å²) in [6, 6.07) is 0. The van der Waals surface area contributed by atoms with Gasteiger partial charge in [0.25, 0.3) is 0 Å². The van der Waals surface area contributed by atoms with E-state index < -0.39 is 0 Å². The van der Waals surface area contributed by atoms with Crippen LogP contribution < -0.4 is 0 Å². The van der Waals surface area contributed by atoms with E-state index in [2.05, 4.69) is 13.2 Å². The van der Waals surface area contributed by atoms with Crippen LogP contribution in [0.3, 0.4) is 0 Å². The van der Waals surface area contributed by atoms with E-state index in [9.17, 15) is 4.79 Å². The molecule has 0 aliphatic carbocycles. The predicted molar refractivity (Wildman–Crippen MR) is 81.3 cm³/mol. The number of likely N-dealkylation sites (N-methyl/N-ethyl adjacent to an activating group) is 1. The Morgan fingerprint density at radius 1 is 1.28 bits per heavy atom.